The van der Waals surface area contributed by atoms with Crippen molar-refractivity contribution >= 4 is 11.8 Å². The van der Waals surface area contributed by atoms with Crippen LogP contribution < -0.4 is 5.32 Å². The predicted molar refractivity (Wildman–Crippen MR) is 125 cm³/mol. The molecule has 1 aromatic rings. The van der Waals surface area contributed by atoms with Crippen LogP contribution in [0.15, 0.2) is 30.3 Å². The summed E-state index contributed by atoms with van der Waals surface area (Å²) < 4.78 is 0. The second kappa shape index (κ2) is 10.3. The van der Waals surface area contributed by atoms with E-state index in [4.69, 9.17) is 0 Å². The monoisotopic (exact) mass is 441 g/mol. The average Bonchev–Trinajstić information content (AvgIpc) is 2.83. The van der Waals surface area contributed by atoms with E-state index in [1.165, 1.54) is 12.0 Å². The molecule has 1 aliphatic carbocycles. The third kappa shape index (κ3) is 4.72. The highest BCUT2D eigenvalue weighted by atomic mass is 16.3. The number of benzene rings is 1. The fourth-order valence-corrected chi connectivity index (χ4v) is 5.88. The molecule has 2 atom stereocenters. The molecule has 2 aliphatic heterocycles. The normalized spacial score (nSPS) is 25.7. The highest BCUT2D eigenvalue weighted by molar-refractivity contribution is 6.00. The van der Waals surface area contributed by atoms with Crippen LogP contribution in [0.1, 0.15) is 70.3 Å². The largest absolute Gasteiger partial charge is 0.390 e. The SMILES string of the molecule is CCCCN1C(=O)[C@@H]([C@H](O)C2CCCCC2)NC(=O)C12CCN(Cc1ccccc1)CC2. The Kier molecular flexibility index (Phi) is 7.51. The molecule has 1 aromatic carbocycles. The number of nitrogens with one attached hydrogen (secondary N) is 1. The minimum atomic E-state index is -0.796. The van der Waals surface area contributed by atoms with Crippen molar-refractivity contribution in [2.45, 2.75) is 88.9 Å². The number of hydrogen-bond donors (Lipinski definition) is 2. The summed E-state index contributed by atoms with van der Waals surface area (Å²) in [5.41, 5.74) is 0.494. The van der Waals surface area contributed by atoms with E-state index in [1.54, 1.807) is 0 Å². The second-order valence-electron chi connectivity index (χ2n) is 9.98. The molecule has 2 saturated heterocycles. The first-order chi connectivity index (χ1) is 15.5. The smallest absolute Gasteiger partial charge is 0.248 e. The summed E-state index contributed by atoms with van der Waals surface area (Å²) in [7, 11) is 0. The lowest BCUT2D eigenvalue weighted by molar-refractivity contribution is -0.166. The van der Waals surface area contributed by atoms with Gasteiger partial charge in [0.2, 0.25) is 11.8 Å². The van der Waals surface area contributed by atoms with Crippen molar-refractivity contribution in [3.63, 3.8) is 0 Å². The number of aliphatic hydroxyl groups is 1. The molecule has 2 heterocycles. The number of piperidine rings is 1. The van der Waals surface area contributed by atoms with Gasteiger partial charge in [-0.2, -0.15) is 0 Å². The Labute approximate surface area is 192 Å². The van der Waals surface area contributed by atoms with Crippen LogP contribution in [0, 0.1) is 5.92 Å². The Morgan fingerprint density at radius 3 is 2.44 bits per heavy atom. The van der Waals surface area contributed by atoms with Gasteiger partial charge in [-0.25, -0.2) is 0 Å². The van der Waals surface area contributed by atoms with Crippen molar-refractivity contribution < 1.29 is 14.7 Å². The van der Waals surface area contributed by atoms with Gasteiger partial charge < -0.3 is 15.3 Å². The Hall–Kier alpha value is -1.92. The van der Waals surface area contributed by atoms with Crippen molar-refractivity contribution in [3.05, 3.63) is 35.9 Å². The number of amides is 2. The average molecular weight is 442 g/mol. The number of aliphatic hydroxyl groups excluding tert-OH is 1. The van der Waals surface area contributed by atoms with Crippen LogP contribution in [0.25, 0.3) is 0 Å². The summed E-state index contributed by atoms with van der Waals surface area (Å²) in [6.07, 6.45) is 7.61. The summed E-state index contributed by atoms with van der Waals surface area (Å²) >= 11 is 0. The zero-order chi connectivity index (χ0) is 22.6. The lowest BCUT2D eigenvalue weighted by Crippen LogP contribution is -2.75. The van der Waals surface area contributed by atoms with Gasteiger partial charge in [0.15, 0.2) is 0 Å². The summed E-state index contributed by atoms with van der Waals surface area (Å²) in [5.74, 6) is -0.0344. The second-order valence-corrected chi connectivity index (χ2v) is 9.98. The maximum absolute atomic E-state index is 13.6. The van der Waals surface area contributed by atoms with Crippen molar-refractivity contribution in [1.82, 2.24) is 15.1 Å². The van der Waals surface area contributed by atoms with Crippen LogP contribution in [0.4, 0.5) is 0 Å². The Balaban J connectivity index is 1.48. The third-order valence-corrected chi connectivity index (χ3v) is 7.90. The number of nitrogens with zero attached hydrogens (tertiary/aromatic N) is 2. The van der Waals surface area contributed by atoms with Crippen LogP contribution >= 0.6 is 0 Å². The van der Waals surface area contributed by atoms with Gasteiger partial charge in [0.05, 0.1) is 6.10 Å². The number of likely N-dealkylation sites (tertiary alicyclic amines) is 1. The first-order valence-electron chi connectivity index (χ1n) is 12.6. The Bertz CT molecular complexity index is 770. The van der Waals surface area contributed by atoms with E-state index < -0.39 is 17.7 Å². The van der Waals surface area contributed by atoms with Gasteiger partial charge >= 0.3 is 0 Å². The molecular formula is C26H39N3O3. The number of carbonyl (C=O) groups excluding carboxylic acids is 2. The molecule has 1 spiro atoms. The molecule has 0 radical (unpaired) electrons. The highest BCUT2D eigenvalue weighted by Gasteiger charge is 2.55. The molecule has 6 heteroatoms. The van der Waals surface area contributed by atoms with Crippen LogP contribution in [-0.4, -0.2) is 64.0 Å². The van der Waals surface area contributed by atoms with E-state index in [1.807, 2.05) is 11.0 Å². The van der Waals surface area contributed by atoms with Gasteiger partial charge in [0.1, 0.15) is 11.6 Å². The number of hydrogen-bond acceptors (Lipinski definition) is 4. The molecule has 176 valence electrons. The molecule has 2 N–H and O–H groups in total. The fraction of sp³-hybridized carbons (Fsp3) is 0.692. The molecule has 0 unspecified atom stereocenters. The van der Waals surface area contributed by atoms with Gasteiger partial charge in [-0.1, -0.05) is 62.9 Å². The summed E-state index contributed by atoms with van der Waals surface area (Å²) in [6, 6.07) is 9.60. The standard InChI is InChI=1S/C26H39N3O3/c1-2-3-16-29-24(31)22(23(30)21-12-8-5-9-13-21)27-25(32)26(29)14-17-28(18-15-26)19-20-10-6-4-7-11-20/h4,6-7,10-11,21-23,30H,2-3,5,8-9,12-19H2,1H3,(H,27,32)/t22-,23-/m1/s1. The van der Waals surface area contributed by atoms with Gasteiger partial charge in [0.25, 0.3) is 0 Å². The van der Waals surface area contributed by atoms with E-state index in [0.29, 0.717) is 19.4 Å². The van der Waals surface area contributed by atoms with E-state index >= 15 is 0 Å². The zero-order valence-corrected chi connectivity index (χ0v) is 19.5. The van der Waals surface area contributed by atoms with Gasteiger partial charge in [-0.15, -0.1) is 0 Å². The number of piperazine rings is 1. The quantitative estimate of drug-likeness (QED) is 0.682. The summed E-state index contributed by atoms with van der Waals surface area (Å²) in [5, 5.41) is 14.0. The molecule has 6 nitrogen and oxygen atoms in total. The van der Waals surface area contributed by atoms with Crippen LogP contribution in [-0.2, 0) is 16.1 Å². The minimum absolute atomic E-state index is 0.0626. The maximum atomic E-state index is 13.6. The molecular weight excluding hydrogens is 402 g/mol. The third-order valence-electron chi connectivity index (χ3n) is 7.90. The summed E-state index contributed by atoms with van der Waals surface area (Å²) in [6.45, 7) is 5.14. The molecule has 2 amide bonds. The predicted octanol–water partition coefficient (Wildman–Crippen LogP) is 3.09. The lowest BCUT2D eigenvalue weighted by Gasteiger charge is -2.52. The maximum Gasteiger partial charge on any atom is 0.248 e. The van der Waals surface area contributed by atoms with Crippen LogP contribution in [0.5, 0.6) is 0 Å². The van der Waals surface area contributed by atoms with Crippen molar-refractivity contribution in [1.29, 1.82) is 0 Å². The number of unbranched alkanes of at least 4 members (excludes halogenated alkanes) is 1. The molecule has 4 rings (SSSR count). The fourth-order valence-electron chi connectivity index (χ4n) is 5.88. The number of carbonyl (C=O) groups is 2. The highest BCUT2D eigenvalue weighted by Crippen LogP contribution is 2.36. The van der Waals surface area contributed by atoms with Gasteiger partial charge in [0, 0.05) is 26.2 Å². The van der Waals surface area contributed by atoms with E-state index in [-0.39, 0.29) is 17.7 Å². The van der Waals surface area contributed by atoms with Crippen LogP contribution in [0.3, 0.4) is 0 Å². The Morgan fingerprint density at radius 2 is 1.78 bits per heavy atom. The topological polar surface area (TPSA) is 72.9 Å². The van der Waals surface area contributed by atoms with E-state index in [0.717, 1.165) is 58.2 Å². The van der Waals surface area contributed by atoms with Gasteiger partial charge in [-0.05, 0) is 43.6 Å². The van der Waals surface area contributed by atoms with Crippen molar-refractivity contribution in [2.24, 2.45) is 5.92 Å². The molecule has 1 saturated carbocycles. The Morgan fingerprint density at radius 1 is 1.09 bits per heavy atom. The van der Waals surface area contributed by atoms with Gasteiger partial charge in [-0.3, -0.25) is 14.5 Å². The summed E-state index contributed by atoms with van der Waals surface area (Å²) in [4.78, 5) is 31.4. The first kappa shape index (κ1) is 23.2. The van der Waals surface area contributed by atoms with Crippen molar-refractivity contribution in [2.75, 3.05) is 19.6 Å². The van der Waals surface area contributed by atoms with Crippen LogP contribution in [0.2, 0.25) is 0 Å². The molecule has 3 fully saturated rings. The first-order valence-corrected chi connectivity index (χ1v) is 12.6. The molecule has 0 bridgehead atoms. The van der Waals surface area contributed by atoms with Crippen molar-refractivity contribution in [3.8, 4) is 0 Å². The minimum Gasteiger partial charge on any atom is -0.390 e. The van der Waals surface area contributed by atoms with E-state index in [2.05, 4.69) is 41.4 Å². The molecule has 3 aliphatic rings. The molecule has 32 heavy (non-hydrogen) atoms. The molecule has 0 aromatic heterocycles. The van der Waals surface area contributed by atoms with E-state index in [9.17, 15) is 14.7 Å². The lowest BCUT2D eigenvalue weighted by atomic mass is 9.78. The number of rotatable bonds is 7. The zero-order valence-electron chi connectivity index (χ0n) is 19.5.